The standard InChI is InChI=1S/C21H40O7Si2/c1-8-9-10-11-12-13-14-17(22)25-15-16(27-29(2,3)4)19-20(28-30(5,6)7)18(23)21(24)26-19/h16,19-20H,8-15H2,1-7H3. The SMILES string of the molecule is CCCCCCCCC(=O)OCC(O[Si](C)(C)C)C1OC(=O)C(=O)C1O[Si](C)(C)C. The molecule has 0 aromatic heterocycles. The van der Waals surface area contributed by atoms with Crippen LogP contribution < -0.4 is 0 Å². The summed E-state index contributed by atoms with van der Waals surface area (Å²) >= 11 is 0. The third-order valence-electron chi connectivity index (χ3n) is 4.50. The van der Waals surface area contributed by atoms with Gasteiger partial charge in [0.1, 0.15) is 12.7 Å². The van der Waals surface area contributed by atoms with Gasteiger partial charge in [-0.3, -0.25) is 9.59 Å². The largest absolute Gasteiger partial charge is 0.463 e. The minimum Gasteiger partial charge on any atom is -0.463 e. The fourth-order valence-corrected chi connectivity index (χ4v) is 5.34. The molecule has 3 atom stereocenters. The van der Waals surface area contributed by atoms with Crippen molar-refractivity contribution in [3.05, 3.63) is 0 Å². The fraction of sp³-hybridized carbons (Fsp3) is 0.857. The lowest BCUT2D eigenvalue weighted by molar-refractivity contribution is -0.155. The third-order valence-corrected chi connectivity index (χ3v) is 6.47. The number of hydrogen-bond acceptors (Lipinski definition) is 7. The Morgan fingerprint density at radius 2 is 1.57 bits per heavy atom. The smallest absolute Gasteiger partial charge is 0.378 e. The molecule has 0 aliphatic carbocycles. The van der Waals surface area contributed by atoms with Gasteiger partial charge in [-0.05, 0) is 45.7 Å². The molecule has 1 aliphatic heterocycles. The van der Waals surface area contributed by atoms with Crippen LogP contribution in [-0.2, 0) is 32.7 Å². The molecule has 9 heteroatoms. The maximum absolute atomic E-state index is 12.3. The molecule has 0 saturated carbocycles. The van der Waals surface area contributed by atoms with Gasteiger partial charge in [0, 0.05) is 6.42 Å². The molecule has 0 N–H and O–H groups in total. The minimum atomic E-state index is -2.12. The fourth-order valence-electron chi connectivity index (χ4n) is 3.23. The normalized spacial score (nSPS) is 20.9. The first-order valence-electron chi connectivity index (χ1n) is 11.1. The zero-order chi connectivity index (χ0) is 22.9. The number of rotatable bonds is 14. The van der Waals surface area contributed by atoms with Gasteiger partial charge in [-0.25, -0.2) is 4.79 Å². The lowest BCUT2D eigenvalue weighted by Gasteiger charge is -2.33. The molecule has 0 aromatic rings. The summed E-state index contributed by atoms with van der Waals surface area (Å²) in [7, 11) is -4.20. The van der Waals surface area contributed by atoms with Crippen molar-refractivity contribution >= 4 is 34.4 Å². The van der Waals surface area contributed by atoms with Crippen molar-refractivity contribution in [1.82, 2.24) is 0 Å². The Kier molecular flexibility index (Phi) is 10.9. The molecular formula is C21H40O7Si2. The molecule has 1 saturated heterocycles. The van der Waals surface area contributed by atoms with Crippen LogP contribution in [0.3, 0.4) is 0 Å². The van der Waals surface area contributed by atoms with Crippen molar-refractivity contribution in [2.45, 2.75) is 109 Å². The summed E-state index contributed by atoms with van der Waals surface area (Å²) in [5.74, 6) is -1.90. The van der Waals surface area contributed by atoms with Gasteiger partial charge in [-0.15, -0.1) is 0 Å². The van der Waals surface area contributed by atoms with Gasteiger partial charge in [-0.2, -0.15) is 0 Å². The van der Waals surface area contributed by atoms with E-state index in [0.717, 1.165) is 19.3 Å². The molecule has 0 bridgehead atoms. The quantitative estimate of drug-likeness (QED) is 0.166. The van der Waals surface area contributed by atoms with E-state index in [9.17, 15) is 14.4 Å². The highest BCUT2D eigenvalue weighted by molar-refractivity contribution is 6.70. The van der Waals surface area contributed by atoms with Gasteiger partial charge in [-0.1, -0.05) is 39.0 Å². The van der Waals surface area contributed by atoms with E-state index in [1.807, 2.05) is 39.3 Å². The summed E-state index contributed by atoms with van der Waals surface area (Å²) in [6, 6.07) is 0. The summed E-state index contributed by atoms with van der Waals surface area (Å²) in [5.41, 5.74) is 0. The van der Waals surface area contributed by atoms with E-state index in [0.29, 0.717) is 6.42 Å². The molecule has 0 spiro atoms. The number of esters is 2. The number of ketones is 1. The highest BCUT2D eigenvalue weighted by Gasteiger charge is 2.51. The van der Waals surface area contributed by atoms with Gasteiger partial charge in [0.25, 0.3) is 5.78 Å². The first kappa shape index (κ1) is 27.0. The number of carbonyl (C=O) groups is 3. The minimum absolute atomic E-state index is 0.0598. The average molecular weight is 461 g/mol. The predicted molar refractivity (Wildman–Crippen MR) is 120 cm³/mol. The highest BCUT2D eigenvalue weighted by atomic mass is 28.4. The summed E-state index contributed by atoms with van der Waals surface area (Å²) in [6.07, 6.45) is 4.25. The second kappa shape index (κ2) is 12.1. The Balaban J connectivity index is 2.71. The van der Waals surface area contributed by atoms with Crippen LogP contribution in [-0.4, -0.2) is 59.3 Å². The number of ether oxygens (including phenoxy) is 2. The lowest BCUT2D eigenvalue weighted by atomic mass is 10.1. The molecule has 0 aromatic carbocycles. The highest BCUT2D eigenvalue weighted by Crippen LogP contribution is 2.26. The van der Waals surface area contributed by atoms with Crippen molar-refractivity contribution in [1.29, 1.82) is 0 Å². The monoisotopic (exact) mass is 460 g/mol. The van der Waals surface area contributed by atoms with Gasteiger partial charge in [0.15, 0.2) is 28.8 Å². The second-order valence-corrected chi connectivity index (χ2v) is 18.8. The van der Waals surface area contributed by atoms with Crippen LogP contribution in [0.25, 0.3) is 0 Å². The summed E-state index contributed by atoms with van der Waals surface area (Å²) in [4.78, 5) is 36.5. The van der Waals surface area contributed by atoms with Crippen molar-refractivity contribution in [3.63, 3.8) is 0 Å². The van der Waals surface area contributed by atoms with Crippen molar-refractivity contribution in [2.75, 3.05) is 6.61 Å². The van der Waals surface area contributed by atoms with Gasteiger partial charge in [0.2, 0.25) is 0 Å². The zero-order valence-corrected chi connectivity index (χ0v) is 21.7. The van der Waals surface area contributed by atoms with Crippen LogP contribution in [0.1, 0.15) is 51.9 Å². The molecule has 1 aliphatic rings. The van der Waals surface area contributed by atoms with Crippen LogP contribution >= 0.6 is 0 Å². The van der Waals surface area contributed by atoms with Gasteiger partial charge >= 0.3 is 11.9 Å². The van der Waals surface area contributed by atoms with Crippen LogP contribution in [0.15, 0.2) is 0 Å². The van der Waals surface area contributed by atoms with Crippen molar-refractivity contribution in [2.24, 2.45) is 0 Å². The Labute approximate surface area is 183 Å². The number of unbranched alkanes of at least 4 members (excludes halogenated alkanes) is 5. The number of Topliss-reactive ketones (excluding diaryl/α,β-unsaturated/α-hetero) is 1. The Morgan fingerprint density at radius 1 is 0.967 bits per heavy atom. The summed E-state index contributed by atoms with van der Waals surface area (Å²) in [6.45, 7) is 13.9. The number of cyclic esters (lactones) is 1. The molecule has 3 unspecified atom stereocenters. The maximum Gasteiger partial charge on any atom is 0.378 e. The molecule has 1 heterocycles. The zero-order valence-electron chi connectivity index (χ0n) is 19.7. The number of hydrogen-bond donors (Lipinski definition) is 0. The van der Waals surface area contributed by atoms with E-state index in [4.69, 9.17) is 18.3 Å². The van der Waals surface area contributed by atoms with E-state index in [1.54, 1.807) is 0 Å². The third kappa shape index (κ3) is 10.3. The molecule has 174 valence electrons. The Hall–Kier alpha value is -1.04. The first-order chi connectivity index (χ1) is 13.8. The molecule has 1 rings (SSSR count). The lowest BCUT2D eigenvalue weighted by Crippen LogP contribution is -2.50. The van der Waals surface area contributed by atoms with Gasteiger partial charge < -0.3 is 18.3 Å². The summed E-state index contributed by atoms with van der Waals surface area (Å²) in [5, 5.41) is 0. The predicted octanol–water partition coefficient (Wildman–Crippen LogP) is 4.21. The van der Waals surface area contributed by atoms with E-state index in [1.165, 1.54) is 19.3 Å². The van der Waals surface area contributed by atoms with Gasteiger partial charge in [0.05, 0.1) is 0 Å². The molecule has 0 radical (unpaired) electrons. The van der Waals surface area contributed by atoms with E-state index >= 15 is 0 Å². The first-order valence-corrected chi connectivity index (χ1v) is 17.9. The van der Waals surface area contributed by atoms with Crippen LogP contribution in [0.2, 0.25) is 39.3 Å². The average Bonchev–Trinajstić information content (AvgIpc) is 2.87. The van der Waals surface area contributed by atoms with Crippen molar-refractivity contribution in [3.8, 4) is 0 Å². The Morgan fingerprint density at radius 3 is 2.13 bits per heavy atom. The topological polar surface area (TPSA) is 88.1 Å². The summed E-state index contributed by atoms with van der Waals surface area (Å²) < 4.78 is 22.9. The van der Waals surface area contributed by atoms with Crippen LogP contribution in [0, 0.1) is 0 Å². The van der Waals surface area contributed by atoms with Crippen LogP contribution in [0.5, 0.6) is 0 Å². The number of carbonyl (C=O) groups excluding carboxylic acids is 3. The van der Waals surface area contributed by atoms with Crippen LogP contribution in [0.4, 0.5) is 0 Å². The van der Waals surface area contributed by atoms with E-state index < -0.39 is 46.7 Å². The molecule has 7 nitrogen and oxygen atoms in total. The molecular weight excluding hydrogens is 420 g/mol. The molecule has 0 amide bonds. The second-order valence-electron chi connectivity index (χ2n) is 9.85. The Bertz CT molecular complexity index is 581. The molecule has 30 heavy (non-hydrogen) atoms. The van der Waals surface area contributed by atoms with E-state index in [-0.39, 0.29) is 12.6 Å². The van der Waals surface area contributed by atoms with Crippen molar-refractivity contribution < 1.29 is 32.7 Å². The maximum atomic E-state index is 12.3. The molecule has 1 fully saturated rings. The van der Waals surface area contributed by atoms with E-state index in [2.05, 4.69) is 6.92 Å².